The Bertz CT molecular complexity index is 4030. The Morgan fingerprint density at radius 1 is 0.738 bits per heavy atom. The number of urea groups is 1. The standard InChI is InChI=1S/C79H123N15O24P2.C2H6/c1-15-51(7)67-72(100)86-56(12)76(104)117-68(52(8)16-2)54(10)62(36-31-53(9)75(103)115-63(45-49(3)4)70(98)85-55(11)73(101)93(14)61(46-57-27-20-17-21-28-57)74(102)92(13)47-65(96)90-67)116-79(107)82-37-23-19-25-43-113-119(108,109)118-120(110,111)114-44-40-83-78(106)112-48-58-32-34-59(35-33-58)87-69(97)60(29-26-38-81-77(80)105)88-71(99)66(50(5)6)89-64(95)30-22-18-24-41-94-42-39-84-91-94;1-2/h16-17,20-21,27-28,31-35,39,42,49-51,54-56,60-63,66-68H,15,18-19,22-26,29-30,36-38,40-41,43-48H2,1-14H3,(H,82,107)(H,83,106)(H,85,98)(H,86,100)(H,87,97)(H,88,99)(H,89,95)(H,90,96)(H,108,109)(H,110,111)(H3,80,81,105);1-2H3/b52-16+,53-31+;/t51?,54-,55-,56+,60+,61+,62-,63+,66+,67-,68+;/m0./s1. The van der Waals surface area contributed by atoms with Crippen LogP contribution in [0, 0.1) is 23.7 Å². The number of aryl methyl sites for hydroxylation is 1. The number of ether oxygens (including phenoxy) is 4. The van der Waals surface area contributed by atoms with Gasteiger partial charge in [-0.3, -0.25) is 52.1 Å². The topological polar surface area (TPSA) is 533 Å². The molecule has 1 aliphatic heterocycles. The van der Waals surface area contributed by atoms with Gasteiger partial charge in [0.15, 0.2) is 6.10 Å². The Morgan fingerprint density at radius 3 is 2.00 bits per heavy atom. The number of hydrogen-bond acceptors (Lipinski definition) is 24. The van der Waals surface area contributed by atoms with Crippen LogP contribution in [0.25, 0.3) is 0 Å². The Labute approximate surface area is 714 Å². The van der Waals surface area contributed by atoms with Gasteiger partial charge < -0.3 is 92.1 Å². The summed E-state index contributed by atoms with van der Waals surface area (Å²) in [7, 11) is -7.78. The number of carbonyl (C=O) groups excluding carboxylic acids is 13. The lowest BCUT2D eigenvalue weighted by Gasteiger charge is -2.33. The van der Waals surface area contributed by atoms with Crippen LogP contribution in [-0.4, -0.2) is 220 Å². The molecular formula is C81H129N15O24P2. The van der Waals surface area contributed by atoms with Gasteiger partial charge in [0.1, 0.15) is 55.1 Å². The maximum absolute atomic E-state index is 14.4. The number of unbranched alkanes of at least 4 members (excludes halogenated alkanes) is 4. The molecule has 1 aromatic heterocycles. The number of cyclic esters (lactones) is 2. The highest BCUT2D eigenvalue weighted by atomic mass is 31.3. The summed E-state index contributed by atoms with van der Waals surface area (Å²) < 4.78 is 64.3. The second-order valence-corrected chi connectivity index (χ2v) is 33.2. The number of anilines is 1. The molecule has 682 valence electrons. The van der Waals surface area contributed by atoms with E-state index in [1.807, 2.05) is 13.8 Å². The summed E-state index contributed by atoms with van der Waals surface area (Å²) in [6.45, 7) is 22.0. The fourth-order valence-electron chi connectivity index (χ4n) is 12.2. The van der Waals surface area contributed by atoms with Crippen molar-refractivity contribution in [2.75, 3.05) is 58.8 Å². The van der Waals surface area contributed by atoms with Gasteiger partial charge in [-0.1, -0.05) is 135 Å². The van der Waals surface area contributed by atoms with Crippen LogP contribution in [0.3, 0.4) is 0 Å². The molecule has 0 spiro atoms. The van der Waals surface area contributed by atoms with Crippen molar-refractivity contribution in [1.29, 1.82) is 0 Å². The van der Waals surface area contributed by atoms with E-state index in [0.29, 0.717) is 41.8 Å². The molecule has 2 aromatic carbocycles. The fraction of sp³-hybridized carbons (Fsp3) is 0.617. The van der Waals surface area contributed by atoms with Crippen LogP contribution >= 0.6 is 15.6 Å². The van der Waals surface area contributed by atoms with Crippen LogP contribution in [0.4, 0.5) is 20.1 Å². The lowest BCUT2D eigenvalue weighted by atomic mass is 9.90. The van der Waals surface area contributed by atoms with Gasteiger partial charge in [-0.15, -0.1) is 5.10 Å². The number of alkyl carbamates (subject to hydrolysis) is 2. The molecule has 3 aromatic rings. The number of allylic oxidation sites excluding steroid dienone is 1. The highest BCUT2D eigenvalue weighted by Crippen LogP contribution is 2.60. The second kappa shape index (κ2) is 55.1. The zero-order valence-electron chi connectivity index (χ0n) is 72.9. The van der Waals surface area contributed by atoms with Gasteiger partial charge in [0.2, 0.25) is 41.4 Å². The van der Waals surface area contributed by atoms with E-state index in [2.05, 4.69) is 62.5 Å². The number of phosphoric acid groups is 2. The summed E-state index contributed by atoms with van der Waals surface area (Å²) in [4.78, 5) is 199. The molecule has 12 amide bonds. The average molecular weight is 1760 g/mol. The van der Waals surface area contributed by atoms with Crippen molar-refractivity contribution in [2.24, 2.45) is 29.4 Å². The minimum absolute atomic E-state index is 0.00781. The number of nitrogens with two attached hydrogens (primary N) is 1. The maximum Gasteiger partial charge on any atom is 0.481 e. The molecule has 39 nitrogen and oxygen atoms in total. The van der Waals surface area contributed by atoms with Gasteiger partial charge >= 0.3 is 45.8 Å². The molecule has 0 saturated heterocycles. The molecule has 2 heterocycles. The zero-order valence-corrected chi connectivity index (χ0v) is 74.7. The lowest BCUT2D eigenvalue weighted by molar-refractivity contribution is -0.155. The van der Waals surface area contributed by atoms with E-state index in [-0.39, 0.29) is 101 Å². The van der Waals surface area contributed by atoms with Crippen molar-refractivity contribution in [1.82, 2.24) is 67.3 Å². The number of aromatic nitrogens is 3. The van der Waals surface area contributed by atoms with Crippen LogP contribution in [-0.2, 0) is 109 Å². The average Bonchev–Trinajstić information content (AvgIpc) is 0.920. The number of esters is 2. The van der Waals surface area contributed by atoms with E-state index < -0.39 is 180 Å². The first-order chi connectivity index (χ1) is 57.6. The number of hydrogen-bond donors (Lipinski definition) is 12. The van der Waals surface area contributed by atoms with E-state index in [9.17, 15) is 81.2 Å². The number of amides is 12. The second-order valence-electron chi connectivity index (χ2n) is 30.2. The third-order valence-corrected chi connectivity index (χ3v) is 22.1. The van der Waals surface area contributed by atoms with Crippen LogP contribution in [0.2, 0.25) is 0 Å². The lowest BCUT2D eigenvalue weighted by Crippen LogP contribution is -2.57. The van der Waals surface area contributed by atoms with Gasteiger partial charge in [-0.05, 0) is 133 Å². The molecule has 13 atom stereocenters. The smallest absolute Gasteiger partial charge is 0.456 e. The van der Waals surface area contributed by atoms with Crippen LogP contribution in [0.1, 0.15) is 185 Å². The predicted molar refractivity (Wildman–Crippen MR) is 450 cm³/mol. The van der Waals surface area contributed by atoms with Gasteiger partial charge in [0.05, 0.1) is 26.0 Å². The fourth-order valence-corrected chi connectivity index (χ4v) is 14.3. The minimum atomic E-state index is -5.29. The summed E-state index contributed by atoms with van der Waals surface area (Å²) in [5, 5.41) is 31.3. The highest BCUT2D eigenvalue weighted by Gasteiger charge is 2.40. The van der Waals surface area contributed by atoms with E-state index in [1.165, 1.54) is 70.1 Å². The van der Waals surface area contributed by atoms with E-state index in [1.54, 1.807) is 116 Å². The van der Waals surface area contributed by atoms with Crippen molar-refractivity contribution >= 4 is 98.7 Å². The summed E-state index contributed by atoms with van der Waals surface area (Å²) in [6, 6.07) is 7.05. The van der Waals surface area contributed by atoms with Gasteiger partial charge in [-0.25, -0.2) is 33.1 Å². The maximum atomic E-state index is 14.4. The van der Waals surface area contributed by atoms with Crippen LogP contribution in [0.5, 0.6) is 0 Å². The number of rotatable bonds is 39. The summed E-state index contributed by atoms with van der Waals surface area (Å²) >= 11 is 0. The number of primary amides is 1. The molecule has 122 heavy (non-hydrogen) atoms. The van der Waals surface area contributed by atoms with Gasteiger partial charge in [-0.2, -0.15) is 4.31 Å². The number of carbonyl (C=O) groups is 13. The van der Waals surface area contributed by atoms with E-state index in [0.717, 1.165) is 17.7 Å². The Morgan fingerprint density at radius 2 is 1.38 bits per heavy atom. The third kappa shape index (κ3) is 39.8. The van der Waals surface area contributed by atoms with E-state index >= 15 is 0 Å². The van der Waals surface area contributed by atoms with Crippen molar-refractivity contribution in [3.63, 3.8) is 0 Å². The summed E-state index contributed by atoms with van der Waals surface area (Å²) in [5.74, 6) is -8.94. The van der Waals surface area contributed by atoms with Crippen molar-refractivity contribution in [3.8, 4) is 0 Å². The Kier molecular flexibility index (Phi) is 47.8. The molecular weight excluding hydrogens is 1630 g/mol. The molecule has 3 unspecified atom stereocenters. The number of nitrogens with one attached hydrogen (secondary N) is 9. The first kappa shape index (κ1) is 106. The molecule has 41 heteroatoms. The SMILES string of the molecule is C/C=C(\C)[C@H]1OC(=O)[C@@H](C)NC(=O)[C@H](C(C)CC)NC(=O)CN(C)C(=O)[C@@H](Cc2ccccc2)N(C)C(=O)[C@H](C)NC(=O)[C@@H](CC(C)C)OC(=O)/C(C)=C/C[C@H](OC(=O)NCCCCCOP(=O)(O)OP(=O)(O)OCCNC(=O)OCc2ccc(NC(=O)[C@@H](CCCNC(N)=O)NC(=O)[C@H](NC(=O)CCCCCn3ccnn3)C(C)C)cc2)[C@@H]1C.CC. The zero-order chi connectivity index (χ0) is 91.4. The number of likely N-dealkylation sites (N-methyl/N-ethyl adjacent to an activating group) is 2. The normalized spacial score (nSPS) is 21.1. The molecule has 0 fully saturated rings. The molecule has 0 bridgehead atoms. The predicted octanol–water partition coefficient (Wildman–Crippen LogP) is 7.21. The molecule has 13 N–H and O–H groups in total. The Hall–Kier alpha value is -10.2. The van der Waals surface area contributed by atoms with Crippen molar-refractivity contribution in [2.45, 2.75) is 248 Å². The summed E-state index contributed by atoms with van der Waals surface area (Å²) in [5.41, 5.74) is 7.11. The van der Waals surface area contributed by atoms with Gasteiger partial charge in [0, 0.05) is 82.9 Å². The molecule has 0 saturated carbocycles. The molecule has 4 rings (SSSR count). The number of nitrogens with zero attached hydrogens (tertiary/aromatic N) is 5. The van der Waals surface area contributed by atoms with Crippen LogP contribution in [0.15, 0.2) is 90.3 Å². The largest absolute Gasteiger partial charge is 0.481 e. The van der Waals surface area contributed by atoms with Gasteiger partial charge in [0.25, 0.3) is 5.91 Å². The third-order valence-electron chi connectivity index (χ3n) is 19.5. The number of phosphoric ester groups is 2. The quantitative estimate of drug-likeness (QED) is 0.00882. The van der Waals surface area contributed by atoms with Crippen molar-refractivity contribution in [3.05, 3.63) is 101 Å². The monoisotopic (exact) mass is 1760 g/mol. The molecule has 0 aliphatic carbocycles. The van der Waals surface area contributed by atoms with Crippen LogP contribution < -0.4 is 53.6 Å². The van der Waals surface area contributed by atoms with E-state index in [4.69, 9.17) is 33.7 Å². The highest BCUT2D eigenvalue weighted by molar-refractivity contribution is 7.61. The summed E-state index contributed by atoms with van der Waals surface area (Å²) in [6.07, 6.45) is 4.01. The minimum Gasteiger partial charge on any atom is -0.456 e. The molecule has 0 radical (unpaired) electrons. The van der Waals surface area contributed by atoms with Crippen molar-refractivity contribution < 1.29 is 114 Å². The first-order valence-corrected chi connectivity index (χ1v) is 44.2. The first-order valence-electron chi connectivity index (χ1n) is 41.2. The Balaban J connectivity index is 0.0000191. The molecule has 1 aliphatic rings. The number of benzene rings is 2.